The van der Waals surface area contributed by atoms with E-state index in [4.69, 9.17) is 11.6 Å². The minimum absolute atomic E-state index is 0.459. The molecule has 1 N–H and O–H groups in total. The zero-order valence-electron chi connectivity index (χ0n) is 9.35. The predicted octanol–water partition coefficient (Wildman–Crippen LogP) is 4.07. The van der Waals surface area contributed by atoms with E-state index >= 15 is 0 Å². The first-order valence-corrected chi connectivity index (χ1v) is 6.80. The molecule has 1 nitrogen and oxygen atoms in total. The first-order valence-electron chi connectivity index (χ1n) is 5.54. The zero-order chi connectivity index (χ0) is 10.9. The van der Waals surface area contributed by atoms with E-state index in [-0.39, 0.29) is 0 Å². The molecule has 1 aliphatic carbocycles. The molecule has 1 aromatic rings. The second kappa shape index (κ2) is 4.44. The third-order valence-corrected chi connectivity index (χ3v) is 4.69. The maximum absolute atomic E-state index is 5.89. The highest BCUT2D eigenvalue weighted by molar-refractivity contribution is 7.10. The minimum atomic E-state index is 0.459. The predicted molar refractivity (Wildman–Crippen MR) is 67.6 cm³/mol. The van der Waals surface area contributed by atoms with E-state index in [1.54, 1.807) is 11.3 Å². The fourth-order valence-corrected chi connectivity index (χ4v) is 3.40. The van der Waals surface area contributed by atoms with Gasteiger partial charge in [0.05, 0.1) is 5.02 Å². The summed E-state index contributed by atoms with van der Waals surface area (Å²) in [5.41, 5.74) is 0.459. The van der Waals surface area contributed by atoms with Crippen LogP contribution in [0.4, 0.5) is 0 Å². The molecule has 84 valence electrons. The first-order chi connectivity index (χ1) is 7.08. The molecule has 0 aromatic carbocycles. The quantitative estimate of drug-likeness (QED) is 0.844. The van der Waals surface area contributed by atoms with Crippen LogP contribution >= 0.6 is 22.9 Å². The summed E-state index contributed by atoms with van der Waals surface area (Å²) >= 11 is 7.63. The number of hydrogen-bond donors (Lipinski definition) is 1. The van der Waals surface area contributed by atoms with Crippen molar-refractivity contribution < 1.29 is 0 Å². The van der Waals surface area contributed by atoms with Crippen molar-refractivity contribution in [2.75, 3.05) is 0 Å². The van der Waals surface area contributed by atoms with Crippen LogP contribution in [0.5, 0.6) is 0 Å². The van der Waals surface area contributed by atoms with Gasteiger partial charge >= 0.3 is 0 Å². The highest BCUT2D eigenvalue weighted by Crippen LogP contribution is 2.37. The Kier molecular flexibility index (Phi) is 3.39. The largest absolute Gasteiger partial charge is 0.309 e. The second-order valence-corrected chi connectivity index (χ2v) is 6.48. The van der Waals surface area contributed by atoms with Gasteiger partial charge in [-0.2, -0.15) is 0 Å². The molecule has 0 radical (unpaired) electrons. The minimum Gasteiger partial charge on any atom is -0.309 e. The van der Waals surface area contributed by atoms with Crippen LogP contribution in [0, 0.1) is 5.41 Å². The highest BCUT2D eigenvalue weighted by atomic mass is 35.5. The van der Waals surface area contributed by atoms with Crippen LogP contribution in [0.15, 0.2) is 11.4 Å². The van der Waals surface area contributed by atoms with Crippen molar-refractivity contribution in [2.24, 2.45) is 5.41 Å². The van der Waals surface area contributed by atoms with Crippen molar-refractivity contribution in [3.8, 4) is 0 Å². The number of nitrogens with one attached hydrogen (secondary N) is 1. The Balaban J connectivity index is 1.88. The van der Waals surface area contributed by atoms with E-state index in [9.17, 15) is 0 Å². The van der Waals surface area contributed by atoms with Crippen LogP contribution in [0.25, 0.3) is 0 Å². The molecule has 2 rings (SSSR count). The third kappa shape index (κ3) is 2.74. The maximum Gasteiger partial charge on any atom is 0.0516 e. The Morgan fingerprint density at radius 1 is 1.60 bits per heavy atom. The lowest BCUT2D eigenvalue weighted by atomic mass is 9.87. The number of hydrogen-bond acceptors (Lipinski definition) is 2. The van der Waals surface area contributed by atoms with Crippen molar-refractivity contribution >= 4 is 22.9 Å². The Bertz CT molecular complexity index is 332. The summed E-state index contributed by atoms with van der Waals surface area (Å²) in [6.07, 6.45) is 4.01. The molecular formula is C12H18ClNS. The van der Waals surface area contributed by atoms with Gasteiger partial charge in [-0.3, -0.25) is 0 Å². The van der Waals surface area contributed by atoms with Gasteiger partial charge in [-0.25, -0.2) is 0 Å². The van der Waals surface area contributed by atoms with Crippen LogP contribution in [0.1, 0.15) is 38.0 Å². The molecule has 1 saturated carbocycles. The standard InChI is InChI=1S/C12H18ClNS/c1-12(2)5-3-4-11(12)14-7-10-6-9(13)8-15-10/h6,8,11,14H,3-5,7H2,1-2H3. The van der Waals surface area contributed by atoms with Crippen molar-refractivity contribution in [3.05, 3.63) is 21.3 Å². The Labute approximate surface area is 101 Å². The van der Waals surface area contributed by atoms with Gasteiger partial charge in [0.25, 0.3) is 0 Å². The Hall–Kier alpha value is -0.0500. The van der Waals surface area contributed by atoms with Gasteiger partial charge in [-0.15, -0.1) is 11.3 Å². The molecule has 1 fully saturated rings. The van der Waals surface area contributed by atoms with Crippen LogP contribution in [0.2, 0.25) is 5.02 Å². The van der Waals surface area contributed by atoms with Crippen molar-refractivity contribution in [2.45, 2.75) is 45.7 Å². The Morgan fingerprint density at radius 3 is 2.93 bits per heavy atom. The van der Waals surface area contributed by atoms with Crippen molar-refractivity contribution in [1.82, 2.24) is 5.32 Å². The maximum atomic E-state index is 5.89. The molecule has 1 aliphatic rings. The molecule has 1 heterocycles. The molecule has 3 heteroatoms. The summed E-state index contributed by atoms with van der Waals surface area (Å²) in [6, 6.07) is 2.72. The van der Waals surface area contributed by atoms with E-state index < -0.39 is 0 Å². The van der Waals surface area contributed by atoms with Gasteiger partial charge in [0.15, 0.2) is 0 Å². The topological polar surface area (TPSA) is 12.0 Å². The van der Waals surface area contributed by atoms with Crippen LogP contribution < -0.4 is 5.32 Å². The lowest BCUT2D eigenvalue weighted by Crippen LogP contribution is -2.36. The SMILES string of the molecule is CC1(C)CCCC1NCc1cc(Cl)cs1. The van der Waals surface area contributed by atoms with E-state index in [0.29, 0.717) is 11.5 Å². The smallest absolute Gasteiger partial charge is 0.0516 e. The van der Waals surface area contributed by atoms with Gasteiger partial charge in [-0.05, 0) is 24.3 Å². The fourth-order valence-electron chi connectivity index (χ4n) is 2.38. The van der Waals surface area contributed by atoms with E-state index in [2.05, 4.69) is 25.2 Å². The average molecular weight is 244 g/mol. The lowest BCUT2D eigenvalue weighted by Gasteiger charge is -2.27. The first kappa shape index (κ1) is 11.4. The molecule has 1 unspecified atom stereocenters. The highest BCUT2D eigenvalue weighted by Gasteiger charge is 2.33. The molecule has 15 heavy (non-hydrogen) atoms. The van der Waals surface area contributed by atoms with E-state index in [1.807, 2.05) is 5.38 Å². The van der Waals surface area contributed by atoms with Crippen LogP contribution in [-0.4, -0.2) is 6.04 Å². The van der Waals surface area contributed by atoms with Crippen LogP contribution in [-0.2, 0) is 6.54 Å². The van der Waals surface area contributed by atoms with Gasteiger partial charge in [0.2, 0.25) is 0 Å². The summed E-state index contributed by atoms with van der Waals surface area (Å²) in [7, 11) is 0. The van der Waals surface area contributed by atoms with Crippen molar-refractivity contribution in [3.63, 3.8) is 0 Å². The molecule has 0 bridgehead atoms. The lowest BCUT2D eigenvalue weighted by molar-refractivity contribution is 0.283. The molecular weight excluding hydrogens is 226 g/mol. The summed E-state index contributed by atoms with van der Waals surface area (Å²) < 4.78 is 0. The normalized spacial score (nSPS) is 24.6. The average Bonchev–Trinajstić information content (AvgIpc) is 2.69. The Morgan fingerprint density at radius 2 is 2.40 bits per heavy atom. The number of halogens is 1. The summed E-state index contributed by atoms with van der Waals surface area (Å²) in [5.74, 6) is 0. The number of thiophene rings is 1. The van der Waals surface area contributed by atoms with Crippen molar-refractivity contribution in [1.29, 1.82) is 0 Å². The second-order valence-electron chi connectivity index (χ2n) is 5.05. The van der Waals surface area contributed by atoms with Gasteiger partial charge < -0.3 is 5.32 Å². The molecule has 0 amide bonds. The molecule has 0 saturated heterocycles. The summed E-state index contributed by atoms with van der Waals surface area (Å²) in [4.78, 5) is 1.34. The van der Waals surface area contributed by atoms with Gasteiger partial charge in [0, 0.05) is 22.8 Å². The summed E-state index contributed by atoms with van der Waals surface area (Å²) in [6.45, 7) is 5.68. The zero-order valence-corrected chi connectivity index (χ0v) is 10.9. The van der Waals surface area contributed by atoms with Gasteiger partial charge in [-0.1, -0.05) is 31.9 Å². The third-order valence-electron chi connectivity index (χ3n) is 3.40. The van der Waals surface area contributed by atoms with Crippen LogP contribution in [0.3, 0.4) is 0 Å². The van der Waals surface area contributed by atoms with E-state index in [0.717, 1.165) is 11.6 Å². The molecule has 0 spiro atoms. The molecule has 1 atom stereocenters. The fraction of sp³-hybridized carbons (Fsp3) is 0.667. The monoisotopic (exact) mass is 243 g/mol. The molecule has 1 aromatic heterocycles. The summed E-state index contributed by atoms with van der Waals surface area (Å²) in [5, 5.41) is 6.52. The van der Waals surface area contributed by atoms with Gasteiger partial charge in [0.1, 0.15) is 0 Å². The van der Waals surface area contributed by atoms with E-state index in [1.165, 1.54) is 24.1 Å². The number of rotatable bonds is 3. The molecule has 0 aliphatic heterocycles.